The van der Waals surface area contributed by atoms with E-state index in [9.17, 15) is 0 Å². The SMILES string of the molecule is NCCn1cnc(CN2CCCCC2)c1. The van der Waals surface area contributed by atoms with Gasteiger partial charge in [-0.05, 0) is 25.9 Å². The van der Waals surface area contributed by atoms with Crippen molar-refractivity contribution in [2.24, 2.45) is 5.73 Å². The molecule has 0 aromatic carbocycles. The standard InChI is InChI=1S/C11H20N4/c12-4-7-15-9-11(13-10-15)8-14-5-2-1-3-6-14/h9-10H,1-8,12H2. The molecule has 15 heavy (non-hydrogen) atoms. The zero-order chi connectivity index (χ0) is 10.5. The summed E-state index contributed by atoms with van der Waals surface area (Å²) in [7, 11) is 0. The van der Waals surface area contributed by atoms with E-state index in [0.717, 1.165) is 13.1 Å². The van der Waals surface area contributed by atoms with Crippen LogP contribution < -0.4 is 5.73 Å². The molecule has 2 rings (SSSR count). The fourth-order valence-electron chi connectivity index (χ4n) is 2.11. The van der Waals surface area contributed by atoms with E-state index in [1.165, 1.54) is 38.0 Å². The van der Waals surface area contributed by atoms with Gasteiger partial charge in [-0.25, -0.2) is 4.98 Å². The van der Waals surface area contributed by atoms with Gasteiger partial charge in [-0.3, -0.25) is 4.90 Å². The average molecular weight is 208 g/mol. The lowest BCUT2D eigenvalue weighted by Crippen LogP contribution is -2.29. The molecule has 2 N–H and O–H groups in total. The topological polar surface area (TPSA) is 47.1 Å². The molecule has 0 bridgehead atoms. The third kappa shape index (κ3) is 3.04. The zero-order valence-electron chi connectivity index (χ0n) is 9.23. The summed E-state index contributed by atoms with van der Waals surface area (Å²) in [4.78, 5) is 6.88. The van der Waals surface area contributed by atoms with Crippen molar-refractivity contribution in [3.63, 3.8) is 0 Å². The number of rotatable bonds is 4. The van der Waals surface area contributed by atoms with E-state index in [4.69, 9.17) is 5.73 Å². The highest BCUT2D eigenvalue weighted by molar-refractivity contribution is 4.96. The van der Waals surface area contributed by atoms with Gasteiger partial charge in [0, 0.05) is 25.8 Å². The van der Waals surface area contributed by atoms with E-state index < -0.39 is 0 Å². The molecular formula is C11H20N4. The van der Waals surface area contributed by atoms with Gasteiger partial charge in [-0.1, -0.05) is 6.42 Å². The Labute approximate surface area is 91.1 Å². The summed E-state index contributed by atoms with van der Waals surface area (Å²) in [5, 5.41) is 0. The minimum absolute atomic E-state index is 0.680. The number of nitrogens with two attached hydrogens (primary N) is 1. The van der Waals surface area contributed by atoms with Crippen LogP contribution in [-0.4, -0.2) is 34.1 Å². The highest BCUT2D eigenvalue weighted by atomic mass is 15.1. The Morgan fingerprint density at radius 2 is 2.07 bits per heavy atom. The lowest BCUT2D eigenvalue weighted by molar-refractivity contribution is 0.219. The van der Waals surface area contributed by atoms with Gasteiger partial charge < -0.3 is 10.3 Å². The normalized spacial score (nSPS) is 18.2. The van der Waals surface area contributed by atoms with Gasteiger partial charge in [-0.2, -0.15) is 0 Å². The monoisotopic (exact) mass is 208 g/mol. The van der Waals surface area contributed by atoms with Crippen molar-refractivity contribution in [1.82, 2.24) is 14.5 Å². The average Bonchev–Trinajstić information content (AvgIpc) is 2.68. The second kappa shape index (κ2) is 5.28. The Balaban J connectivity index is 1.86. The van der Waals surface area contributed by atoms with Crippen LogP contribution in [0.15, 0.2) is 12.5 Å². The van der Waals surface area contributed by atoms with E-state index in [-0.39, 0.29) is 0 Å². The van der Waals surface area contributed by atoms with E-state index in [2.05, 4.69) is 20.6 Å². The van der Waals surface area contributed by atoms with Crippen molar-refractivity contribution >= 4 is 0 Å². The van der Waals surface area contributed by atoms with Crippen LogP contribution in [0.1, 0.15) is 25.0 Å². The number of hydrogen-bond acceptors (Lipinski definition) is 3. The minimum atomic E-state index is 0.680. The van der Waals surface area contributed by atoms with E-state index >= 15 is 0 Å². The quantitative estimate of drug-likeness (QED) is 0.797. The summed E-state index contributed by atoms with van der Waals surface area (Å²) in [6.45, 7) is 5.00. The van der Waals surface area contributed by atoms with Crippen LogP contribution in [0.2, 0.25) is 0 Å². The molecule has 1 aromatic heterocycles. The van der Waals surface area contributed by atoms with Crippen LogP contribution in [0.25, 0.3) is 0 Å². The number of piperidine rings is 1. The maximum Gasteiger partial charge on any atom is 0.0950 e. The Kier molecular flexibility index (Phi) is 3.75. The molecule has 0 radical (unpaired) electrons. The van der Waals surface area contributed by atoms with Crippen LogP contribution >= 0.6 is 0 Å². The largest absolute Gasteiger partial charge is 0.336 e. The number of likely N-dealkylation sites (tertiary alicyclic amines) is 1. The summed E-state index contributed by atoms with van der Waals surface area (Å²) in [5.41, 5.74) is 6.67. The zero-order valence-corrected chi connectivity index (χ0v) is 9.23. The number of aromatic nitrogens is 2. The van der Waals surface area contributed by atoms with Crippen molar-refractivity contribution < 1.29 is 0 Å². The second-order valence-electron chi connectivity index (χ2n) is 4.23. The molecule has 1 aliphatic rings. The second-order valence-corrected chi connectivity index (χ2v) is 4.23. The van der Waals surface area contributed by atoms with Crippen molar-refractivity contribution in [2.45, 2.75) is 32.4 Å². The fraction of sp³-hybridized carbons (Fsp3) is 0.727. The first kappa shape index (κ1) is 10.6. The van der Waals surface area contributed by atoms with Gasteiger partial charge in [0.2, 0.25) is 0 Å². The molecular weight excluding hydrogens is 188 g/mol. The van der Waals surface area contributed by atoms with Crippen molar-refractivity contribution in [3.05, 3.63) is 18.2 Å². The molecule has 84 valence electrons. The lowest BCUT2D eigenvalue weighted by Gasteiger charge is -2.25. The van der Waals surface area contributed by atoms with Crippen LogP contribution in [0.3, 0.4) is 0 Å². The van der Waals surface area contributed by atoms with Crippen molar-refractivity contribution in [2.75, 3.05) is 19.6 Å². The van der Waals surface area contributed by atoms with Crippen molar-refractivity contribution in [3.8, 4) is 0 Å². The molecule has 2 heterocycles. The third-order valence-electron chi connectivity index (χ3n) is 2.91. The summed E-state index contributed by atoms with van der Waals surface area (Å²) in [5.74, 6) is 0. The molecule has 1 saturated heterocycles. The maximum absolute atomic E-state index is 5.50. The molecule has 1 fully saturated rings. The van der Waals surface area contributed by atoms with Crippen LogP contribution in [0.4, 0.5) is 0 Å². The molecule has 4 nitrogen and oxygen atoms in total. The minimum Gasteiger partial charge on any atom is -0.336 e. The first-order valence-corrected chi connectivity index (χ1v) is 5.81. The van der Waals surface area contributed by atoms with Gasteiger partial charge in [-0.15, -0.1) is 0 Å². The molecule has 0 spiro atoms. The molecule has 0 saturated carbocycles. The van der Waals surface area contributed by atoms with Gasteiger partial charge in [0.1, 0.15) is 0 Å². The van der Waals surface area contributed by atoms with Gasteiger partial charge >= 0.3 is 0 Å². The van der Waals surface area contributed by atoms with Crippen molar-refractivity contribution in [1.29, 1.82) is 0 Å². The highest BCUT2D eigenvalue weighted by Gasteiger charge is 2.11. The summed E-state index contributed by atoms with van der Waals surface area (Å²) < 4.78 is 2.07. The maximum atomic E-state index is 5.50. The van der Waals surface area contributed by atoms with Gasteiger partial charge in [0.25, 0.3) is 0 Å². The van der Waals surface area contributed by atoms with E-state index in [1.807, 2.05) is 6.33 Å². The summed E-state index contributed by atoms with van der Waals surface area (Å²) >= 11 is 0. The number of imidazole rings is 1. The molecule has 0 atom stereocenters. The molecule has 1 aromatic rings. The Bertz CT molecular complexity index is 289. The molecule has 0 amide bonds. The van der Waals surface area contributed by atoms with E-state index in [0.29, 0.717) is 6.54 Å². The fourth-order valence-corrected chi connectivity index (χ4v) is 2.11. The smallest absolute Gasteiger partial charge is 0.0950 e. The third-order valence-corrected chi connectivity index (χ3v) is 2.91. The Morgan fingerprint density at radius 3 is 2.80 bits per heavy atom. The molecule has 4 heteroatoms. The molecule has 0 unspecified atom stereocenters. The van der Waals surface area contributed by atoms with Crippen LogP contribution in [0, 0.1) is 0 Å². The Hall–Kier alpha value is -0.870. The van der Waals surface area contributed by atoms with Gasteiger partial charge in [0.05, 0.1) is 12.0 Å². The molecule has 0 aliphatic carbocycles. The van der Waals surface area contributed by atoms with Gasteiger partial charge in [0.15, 0.2) is 0 Å². The van der Waals surface area contributed by atoms with Crippen LogP contribution in [0.5, 0.6) is 0 Å². The highest BCUT2D eigenvalue weighted by Crippen LogP contribution is 2.11. The number of nitrogens with zero attached hydrogens (tertiary/aromatic N) is 3. The first-order valence-electron chi connectivity index (χ1n) is 5.81. The summed E-state index contributed by atoms with van der Waals surface area (Å²) in [6.07, 6.45) is 8.05. The lowest BCUT2D eigenvalue weighted by atomic mass is 10.1. The van der Waals surface area contributed by atoms with E-state index in [1.54, 1.807) is 0 Å². The Morgan fingerprint density at radius 1 is 1.27 bits per heavy atom. The predicted molar refractivity (Wildman–Crippen MR) is 60.4 cm³/mol. The predicted octanol–water partition coefficient (Wildman–Crippen LogP) is 0.828. The number of hydrogen-bond donors (Lipinski definition) is 1. The first-order chi connectivity index (χ1) is 7.38. The van der Waals surface area contributed by atoms with Crippen LogP contribution in [-0.2, 0) is 13.1 Å². The molecule has 1 aliphatic heterocycles. The summed E-state index contributed by atoms with van der Waals surface area (Å²) in [6, 6.07) is 0.